The molecule has 0 aliphatic heterocycles. The number of carbonyl (C=O) groups excluding carboxylic acids is 1. The molecule has 0 spiro atoms. The Balaban J connectivity index is 2.95. The Kier molecular flexibility index (Phi) is 4.79. The molecular formula is C12H16N2O4. The summed E-state index contributed by atoms with van der Waals surface area (Å²) in [6.07, 6.45) is 0.482. The summed E-state index contributed by atoms with van der Waals surface area (Å²) in [6.45, 7) is 2.13. The highest BCUT2D eigenvalue weighted by molar-refractivity contribution is 5.94. The molecule has 1 amide bonds. The van der Waals surface area contributed by atoms with Crippen LogP contribution in [0.2, 0.25) is 0 Å². The van der Waals surface area contributed by atoms with Crippen LogP contribution < -0.4 is 0 Å². The van der Waals surface area contributed by atoms with Gasteiger partial charge in [0.05, 0.1) is 4.92 Å². The van der Waals surface area contributed by atoms with E-state index in [1.807, 2.05) is 0 Å². The summed E-state index contributed by atoms with van der Waals surface area (Å²) in [4.78, 5) is 23.6. The predicted molar refractivity (Wildman–Crippen MR) is 66.5 cm³/mol. The topological polar surface area (TPSA) is 83.7 Å². The van der Waals surface area contributed by atoms with E-state index < -0.39 is 4.92 Å². The number of nitro benzene ring substituents is 1. The molecule has 6 heteroatoms. The van der Waals surface area contributed by atoms with Crippen LogP contribution in [0.25, 0.3) is 0 Å². The van der Waals surface area contributed by atoms with Gasteiger partial charge in [-0.15, -0.1) is 0 Å². The maximum atomic E-state index is 12.0. The van der Waals surface area contributed by atoms with Gasteiger partial charge >= 0.3 is 0 Å². The van der Waals surface area contributed by atoms with E-state index in [1.165, 1.54) is 17.0 Å². The monoisotopic (exact) mass is 252 g/mol. The maximum Gasteiger partial charge on any atom is 0.270 e. The highest BCUT2D eigenvalue weighted by Gasteiger charge is 2.16. The molecule has 0 aliphatic carbocycles. The largest absolute Gasteiger partial charge is 0.396 e. The average Bonchev–Trinajstić information content (AvgIpc) is 2.34. The van der Waals surface area contributed by atoms with Crippen molar-refractivity contribution >= 4 is 11.6 Å². The lowest BCUT2D eigenvalue weighted by molar-refractivity contribution is -0.384. The minimum Gasteiger partial charge on any atom is -0.396 e. The third-order valence-electron chi connectivity index (χ3n) is 2.52. The number of aliphatic hydroxyl groups excluding tert-OH is 1. The Morgan fingerprint density at radius 1 is 1.44 bits per heavy atom. The van der Waals surface area contributed by atoms with Crippen molar-refractivity contribution in [3.8, 4) is 0 Å². The standard InChI is InChI=1S/C12H16N2O4/c1-9-6-10(8-11(7-9)14(17)18)12(16)13(2)4-3-5-15/h6-8,15H,3-5H2,1-2H3. The van der Waals surface area contributed by atoms with Gasteiger partial charge in [-0.2, -0.15) is 0 Å². The fraction of sp³-hybridized carbons (Fsp3) is 0.417. The Labute approximate surface area is 105 Å². The minimum absolute atomic E-state index is 0.00554. The number of non-ortho nitro benzene ring substituents is 1. The fourth-order valence-electron chi connectivity index (χ4n) is 1.62. The van der Waals surface area contributed by atoms with Crippen LogP contribution in [0.3, 0.4) is 0 Å². The first-order valence-corrected chi connectivity index (χ1v) is 5.58. The van der Waals surface area contributed by atoms with E-state index in [-0.39, 0.29) is 18.2 Å². The van der Waals surface area contributed by atoms with Crippen molar-refractivity contribution in [2.75, 3.05) is 20.2 Å². The summed E-state index contributed by atoms with van der Waals surface area (Å²) in [7, 11) is 1.60. The lowest BCUT2D eigenvalue weighted by atomic mass is 10.1. The molecular weight excluding hydrogens is 236 g/mol. The number of aryl methyl sites for hydroxylation is 1. The number of hydrogen-bond donors (Lipinski definition) is 1. The molecule has 0 bridgehead atoms. The van der Waals surface area contributed by atoms with Gasteiger partial charge in [0, 0.05) is 37.9 Å². The molecule has 0 saturated carbocycles. The summed E-state index contributed by atoms with van der Waals surface area (Å²) in [6, 6.07) is 4.31. The lowest BCUT2D eigenvalue weighted by Crippen LogP contribution is -2.28. The molecule has 6 nitrogen and oxygen atoms in total. The summed E-state index contributed by atoms with van der Waals surface area (Å²) in [5.41, 5.74) is 0.874. The highest BCUT2D eigenvalue weighted by Crippen LogP contribution is 2.17. The van der Waals surface area contributed by atoms with Crippen molar-refractivity contribution in [3.05, 3.63) is 39.4 Å². The number of rotatable bonds is 5. The Bertz CT molecular complexity index is 459. The van der Waals surface area contributed by atoms with Gasteiger partial charge in [0.1, 0.15) is 0 Å². The molecule has 0 saturated heterocycles. The molecule has 1 aromatic rings. The molecule has 0 fully saturated rings. The van der Waals surface area contributed by atoms with Crippen molar-refractivity contribution in [3.63, 3.8) is 0 Å². The van der Waals surface area contributed by atoms with Gasteiger partial charge in [-0.05, 0) is 25.0 Å². The molecule has 0 aromatic heterocycles. The molecule has 0 unspecified atom stereocenters. The van der Waals surface area contributed by atoms with E-state index >= 15 is 0 Å². The Morgan fingerprint density at radius 2 is 2.11 bits per heavy atom. The Morgan fingerprint density at radius 3 is 2.67 bits per heavy atom. The summed E-state index contributed by atoms with van der Waals surface area (Å²) >= 11 is 0. The van der Waals surface area contributed by atoms with Crippen molar-refractivity contribution in [2.45, 2.75) is 13.3 Å². The molecule has 98 valence electrons. The van der Waals surface area contributed by atoms with Crippen LogP contribution in [0.4, 0.5) is 5.69 Å². The zero-order valence-electron chi connectivity index (χ0n) is 10.4. The first-order chi connectivity index (χ1) is 8.45. The number of hydrogen-bond acceptors (Lipinski definition) is 4. The number of carbonyl (C=O) groups is 1. The molecule has 0 aliphatic rings. The van der Waals surface area contributed by atoms with E-state index in [2.05, 4.69) is 0 Å². The maximum absolute atomic E-state index is 12.0. The van der Waals surface area contributed by atoms with Crippen molar-refractivity contribution in [1.82, 2.24) is 4.90 Å². The van der Waals surface area contributed by atoms with Gasteiger partial charge in [0.2, 0.25) is 0 Å². The second kappa shape index (κ2) is 6.11. The fourth-order valence-corrected chi connectivity index (χ4v) is 1.62. The van der Waals surface area contributed by atoms with Crippen molar-refractivity contribution < 1.29 is 14.8 Å². The Hall–Kier alpha value is -1.95. The molecule has 18 heavy (non-hydrogen) atoms. The van der Waals surface area contributed by atoms with Crippen LogP contribution in [-0.4, -0.2) is 41.0 Å². The summed E-state index contributed by atoms with van der Waals surface area (Å²) < 4.78 is 0. The quantitative estimate of drug-likeness (QED) is 0.633. The third kappa shape index (κ3) is 3.53. The van der Waals surface area contributed by atoms with Crippen LogP contribution in [0, 0.1) is 17.0 Å². The van der Waals surface area contributed by atoms with E-state index in [0.717, 1.165) is 0 Å². The van der Waals surface area contributed by atoms with E-state index in [9.17, 15) is 14.9 Å². The van der Waals surface area contributed by atoms with Crippen molar-refractivity contribution in [1.29, 1.82) is 0 Å². The van der Waals surface area contributed by atoms with Crippen LogP contribution in [0.15, 0.2) is 18.2 Å². The molecule has 0 atom stereocenters. The molecule has 1 aromatic carbocycles. The molecule has 0 radical (unpaired) electrons. The number of amides is 1. The van der Waals surface area contributed by atoms with Gasteiger partial charge in [0.15, 0.2) is 0 Å². The first kappa shape index (κ1) is 14.1. The van der Waals surface area contributed by atoms with Crippen LogP contribution in [0.1, 0.15) is 22.3 Å². The average molecular weight is 252 g/mol. The molecule has 1 N–H and O–H groups in total. The minimum atomic E-state index is -0.516. The first-order valence-electron chi connectivity index (χ1n) is 5.58. The van der Waals surface area contributed by atoms with Gasteiger partial charge < -0.3 is 10.0 Å². The van der Waals surface area contributed by atoms with E-state index in [0.29, 0.717) is 24.1 Å². The summed E-state index contributed by atoms with van der Waals surface area (Å²) in [5.74, 6) is -0.282. The highest BCUT2D eigenvalue weighted by atomic mass is 16.6. The smallest absolute Gasteiger partial charge is 0.270 e. The van der Waals surface area contributed by atoms with E-state index in [4.69, 9.17) is 5.11 Å². The number of nitro groups is 1. The second-order valence-corrected chi connectivity index (χ2v) is 4.12. The zero-order chi connectivity index (χ0) is 13.7. The second-order valence-electron chi connectivity index (χ2n) is 4.12. The zero-order valence-corrected chi connectivity index (χ0v) is 10.4. The van der Waals surface area contributed by atoms with Gasteiger partial charge in [-0.1, -0.05) is 0 Å². The molecule has 0 heterocycles. The predicted octanol–water partition coefficient (Wildman–Crippen LogP) is 1.36. The number of aliphatic hydroxyl groups is 1. The number of benzene rings is 1. The van der Waals surface area contributed by atoms with Crippen LogP contribution in [0.5, 0.6) is 0 Å². The van der Waals surface area contributed by atoms with Gasteiger partial charge in [0.25, 0.3) is 11.6 Å². The SMILES string of the molecule is Cc1cc(C(=O)N(C)CCCO)cc([N+](=O)[O-])c1. The van der Waals surface area contributed by atoms with E-state index in [1.54, 1.807) is 20.0 Å². The third-order valence-corrected chi connectivity index (χ3v) is 2.52. The summed E-state index contributed by atoms with van der Waals surface area (Å²) in [5, 5.41) is 19.4. The lowest BCUT2D eigenvalue weighted by Gasteiger charge is -2.16. The van der Waals surface area contributed by atoms with Crippen molar-refractivity contribution in [2.24, 2.45) is 0 Å². The molecule has 1 rings (SSSR count). The number of nitrogens with zero attached hydrogens (tertiary/aromatic N) is 2. The van der Waals surface area contributed by atoms with Gasteiger partial charge in [-0.3, -0.25) is 14.9 Å². The van der Waals surface area contributed by atoms with Crippen LogP contribution in [-0.2, 0) is 0 Å². The van der Waals surface area contributed by atoms with Gasteiger partial charge in [-0.25, -0.2) is 0 Å². The normalized spacial score (nSPS) is 10.2. The van der Waals surface area contributed by atoms with Crippen LogP contribution >= 0.6 is 0 Å².